The van der Waals surface area contributed by atoms with E-state index in [1.54, 1.807) is 12.2 Å². The van der Waals surface area contributed by atoms with E-state index in [4.69, 9.17) is 0 Å². The van der Waals surface area contributed by atoms with Gasteiger partial charge < -0.3 is 0 Å². The van der Waals surface area contributed by atoms with Crippen LogP contribution in [0, 0.1) is 0 Å². The van der Waals surface area contributed by atoms with Crippen molar-refractivity contribution in [3.8, 4) is 0 Å². The molecule has 0 heterocycles. The number of thioether (sulfide) groups is 1. The van der Waals surface area contributed by atoms with Gasteiger partial charge in [0.1, 0.15) is 0 Å². The summed E-state index contributed by atoms with van der Waals surface area (Å²) in [4.78, 5) is 23.1. The molecule has 80 valence electrons. The molecule has 0 radical (unpaired) electrons. The monoisotopic (exact) mass is 230 g/mol. The lowest BCUT2D eigenvalue weighted by Crippen LogP contribution is -2.14. The smallest absolute Gasteiger partial charge is 0.239 e. The number of Topliss-reactive ketones (excluding diaryl/α,β-unsaturated/α-hetero) is 1. The van der Waals surface area contributed by atoms with Crippen LogP contribution < -0.4 is 0 Å². The highest BCUT2D eigenvalue weighted by molar-refractivity contribution is 8.03. The quantitative estimate of drug-likeness (QED) is 0.591. The molecule has 16 heavy (non-hydrogen) atoms. The summed E-state index contributed by atoms with van der Waals surface area (Å²) in [5, 5.41) is 0. The molecule has 3 heteroatoms. The second-order valence-electron chi connectivity index (χ2n) is 3.36. The van der Waals surface area contributed by atoms with Crippen LogP contribution in [0.3, 0.4) is 0 Å². The Bertz CT molecular complexity index is 472. The van der Waals surface area contributed by atoms with Crippen molar-refractivity contribution in [1.29, 1.82) is 0 Å². The molecule has 1 aliphatic carbocycles. The third-order valence-corrected chi connectivity index (χ3v) is 3.29. The van der Waals surface area contributed by atoms with E-state index in [1.807, 2.05) is 30.3 Å². The second kappa shape index (κ2) is 4.94. The zero-order valence-electron chi connectivity index (χ0n) is 8.55. The summed E-state index contributed by atoms with van der Waals surface area (Å²) in [6, 6.07) is 9.86. The highest BCUT2D eigenvalue weighted by Gasteiger charge is 2.18. The molecule has 0 spiro atoms. The normalized spacial score (nSPS) is 15.1. The molecule has 0 bridgehead atoms. The fraction of sp³-hybridized carbons (Fsp3) is 0.0769. The number of rotatable bonds is 3. The Hall–Kier alpha value is -1.61. The molecular formula is C13H10O2S. The lowest BCUT2D eigenvalue weighted by molar-refractivity contribution is -0.131. The summed E-state index contributed by atoms with van der Waals surface area (Å²) in [5.74, 6) is -0.124. The van der Waals surface area contributed by atoms with Crippen molar-refractivity contribution < 1.29 is 9.59 Å². The second-order valence-corrected chi connectivity index (χ2v) is 4.37. The summed E-state index contributed by atoms with van der Waals surface area (Å²) in [6.45, 7) is 0. The first-order valence-corrected chi connectivity index (χ1v) is 5.89. The van der Waals surface area contributed by atoms with E-state index in [9.17, 15) is 9.59 Å². The van der Waals surface area contributed by atoms with Gasteiger partial charge in [-0.05, 0) is 17.7 Å². The minimum absolute atomic E-state index is 0.400. The van der Waals surface area contributed by atoms with Gasteiger partial charge in [-0.3, -0.25) is 9.59 Å². The average molecular weight is 230 g/mol. The number of carbonyl (C=O) groups excluding carboxylic acids is 2. The number of benzene rings is 1. The number of allylic oxidation sites excluding steroid dienone is 4. The van der Waals surface area contributed by atoms with E-state index in [0.717, 1.165) is 5.56 Å². The van der Waals surface area contributed by atoms with Crippen molar-refractivity contribution in [1.82, 2.24) is 0 Å². The van der Waals surface area contributed by atoms with Crippen molar-refractivity contribution >= 4 is 23.3 Å². The molecule has 1 aromatic carbocycles. The molecule has 0 saturated carbocycles. The zero-order valence-corrected chi connectivity index (χ0v) is 9.37. The molecule has 0 fully saturated rings. The van der Waals surface area contributed by atoms with Gasteiger partial charge in [0.15, 0.2) is 0 Å². The van der Waals surface area contributed by atoms with E-state index in [1.165, 1.54) is 17.8 Å². The molecular weight excluding hydrogens is 220 g/mol. The summed E-state index contributed by atoms with van der Waals surface area (Å²) in [7, 11) is 0. The molecule has 0 N–H and O–H groups in total. The van der Waals surface area contributed by atoms with Crippen LogP contribution >= 0.6 is 11.8 Å². The van der Waals surface area contributed by atoms with Crippen LogP contribution in [-0.2, 0) is 15.3 Å². The van der Waals surface area contributed by atoms with Crippen LogP contribution in [-0.4, -0.2) is 11.6 Å². The molecule has 0 aliphatic heterocycles. The SMILES string of the molecule is O=C1C=CC=C(SCc2ccccc2)C1=O. The van der Waals surface area contributed by atoms with Gasteiger partial charge in [-0.25, -0.2) is 0 Å². The fourth-order valence-corrected chi connectivity index (χ4v) is 2.27. The predicted molar refractivity (Wildman–Crippen MR) is 65.0 cm³/mol. The van der Waals surface area contributed by atoms with Gasteiger partial charge >= 0.3 is 0 Å². The lowest BCUT2D eigenvalue weighted by atomic mass is 10.1. The molecule has 0 aromatic heterocycles. The van der Waals surface area contributed by atoms with Crippen LogP contribution in [0.4, 0.5) is 0 Å². The average Bonchev–Trinajstić information content (AvgIpc) is 2.32. The number of hydrogen-bond acceptors (Lipinski definition) is 3. The Balaban J connectivity index is 2.01. The summed E-state index contributed by atoms with van der Waals surface area (Å²) < 4.78 is 0. The lowest BCUT2D eigenvalue weighted by Gasteiger charge is -2.06. The van der Waals surface area contributed by atoms with E-state index in [2.05, 4.69) is 0 Å². The van der Waals surface area contributed by atoms with Gasteiger partial charge in [-0.1, -0.05) is 36.4 Å². The Morgan fingerprint density at radius 3 is 2.56 bits per heavy atom. The van der Waals surface area contributed by atoms with Gasteiger partial charge in [-0.15, -0.1) is 11.8 Å². The molecule has 0 unspecified atom stereocenters. The highest BCUT2D eigenvalue weighted by atomic mass is 32.2. The first-order valence-electron chi connectivity index (χ1n) is 4.91. The Labute approximate surface area is 98.0 Å². The van der Waals surface area contributed by atoms with Crippen LogP contribution in [0.2, 0.25) is 0 Å². The van der Waals surface area contributed by atoms with Gasteiger partial charge in [0.05, 0.1) is 4.91 Å². The molecule has 2 nitrogen and oxygen atoms in total. The van der Waals surface area contributed by atoms with E-state index < -0.39 is 11.6 Å². The summed E-state index contributed by atoms with van der Waals surface area (Å²) >= 11 is 1.40. The summed E-state index contributed by atoms with van der Waals surface area (Å²) in [6.07, 6.45) is 4.61. The van der Waals surface area contributed by atoms with Gasteiger partial charge in [-0.2, -0.15) is 0 Å². The van der Waals surface area contributed by atoms with Crippen LogP contribution in [0.15, 0.2) is 53.5 Å². The van der Waals surface area contributed by atoms with Crippen molar-refractivity contribution in [3.05, 3.63) is 59.0 Å². The van der Waals surface area contributed by atoms with E-state index >= 15 is 0 Å². The third-order valence-electron chi connectivity index (χ3n) is 2.18. The highest BCUT2D eigenvalue weighted by Crippen LogP contribution is 2.24. The maximum absolute atomic E-state index is 11.5. The molecule has 1 aromatic rings. The van der Waals surface area contributed by atoms with Crippen LogP contribution in [0.25, 0.3) is 0 Å². The molecule has 2 rings (SSSR count). The van der Waals surface area contributed by atoms with Gasteiger partial charge in [0, 0.05) is 5.75 Å². The van der Waals surface area contributed by atoms with Crippen LogP contribution in [0.5, 0.6) is 0 Å². The Kier molecular flexibility index (Phi) is 3.37. The van der Waals surface area contributed by atoms with E-state index in [0.29, 0.717) is 10.7 Å². The minimum atomic E-state index is -0.432. The topological polar surface area (TPSA) is 34.1 Å². The largest absolute Gasteiger partial charge is 0.286 e. The standard InChI is InChI=1S/C13H10O2S/c14-11-7-4-8-12(13(11)15)16-9-10-5-2-1-3-6-10/h1-8H,9H2. The van der Waals surface area contributed by atoms with Crippen LogP contribution in [0.1, 0.15) is 5.56 Å². The van der Waals surface area contributed by atoms with E-state index in [-0.39, 0.29) is 0 Å². The summed E-state index contributed by atoms with van der Waals surface area (Å²) in [5.41, 5.74) is 1.14. The Morgan fingerprint density at radius 2 is 1.81 bits per heavy atom. The minimum Gasteiger partial charge on any atom is -0.286 e. The third kappa shape index (κ3) is 2.49. The maximum Gasteiger partial charge on any atom is 0.239 e. The molecule has 0 atom stereocenters. The maximum atomic E-state index is 11.5. The fourth-order valence-electron chi connectivity index (χ4n) is 1.34. The van der Waals surface area contributed by atoms with Crippen molar-refractivity contribution in [2.45, 2.75) is 5.75 Å². The first kappa shape index (κ1) is 10.9. The van der Waals surface area contributed by atoms with Crippen molar-refractivity contribution in [3.63, 3.8) is 0 Å². The molecule has 1 aliphatic rings. The first-order chi connectivity index (χ1) is 7.77. The van der Waals surface area contributed by atoms with Gasteiger partial charge in [0.25, 0.3) is 0 Å². The number of carbonyl (C=O) groups is 2. The van der Waals surface area contributed by atoms with Crippen molar-refractivity contribution in [2.24, 2.45) is 0 Å². The number of ketones is 2. The zero-order chi connectivity index (χ0) is 11.4. The Morgan fingerprint density at radius 1 is 1.06 bits per heavy atom. The number of hydrogen-bond donors (Lipinski definition) is 0. The molecule has 0 saturated heterocycles. The van der Waals surface area contributed by atoms with Crippen molar-refractivity contribution in [2.75, 3.05) is 0 Å². The van der Waals surface area contributed by atoms with Gasteiger partial charge in [0.2, 0.25) is 11.6 Å². The molecule has 0 amide bonds. The predicted octanol–water partition coefficient (Wildman–Crippen LogP) is 2.51.